The zero-order chi connectivity index (χ0) is 42.7. The van der Waals surface area contributed by atoms with Crippen LogP contribution in [0.1, 0.15) is 67.7 Å². The molecule has 7 aromatic rings. The Balaban J connectivity index is 1.12. The maximum atomic E-state index is 13.9. The third kappa shape index (κ3) is 10.7. The van der Waals surface area contributed by atoms with E-state index < -0.39 is 35.4 Å². The van der Waals surface area contributed by atoms with Gasteiger partial charge in [0.05, 0.1) is 0 Å². The minimum absolute atomic E-state index is 0.125. The number of rotatable bonds is 12. The summed E-state index contributed by atoms with van der Waals surface area (Å²) in [7, 11) is 0. The number of hydrogen-bond donors (Lipinski definition) is 6. The van der Waals surface area contributed by atoms with E-state index in [1.165, 1.54) is 24.3 Å². The van der Waals surface area contributed by atoms with Crippen molar-refractivity contribution in [1.29, 1.82) is 0 Å². The van der Waals surface area contributed by atoms with Gasteiger partial charge in [0.1, 0.15) is 0 Å². The van der Waals surface area contributed by atoms with E-state index >= 15 is 0 Å². The van der Waals surface area contributed by atoms with Gasteiger partial charge in [0.2, 0.25) is 0 Å². The molecule has 0 radical (unpaired) electrons. The molecule has 12 heteroatoms. The number of carbonyl (C=O) groups excluding carboxylic acids is 6. The normalized spacial score (nSPS) is 10.4. The molecule has 0 heterocycles. The highest BCUT2D eigenvalue weighted by Crippen LogP contribution is 2.27. The molecule has 0 fully saturated rings. The lowest BCUT2D eigenvalue weighted by molar-refractivity contribution is 0.101. The fourth-order valence-corrected chi connectivity index (χ4v) is 6.21. The van der Waals surface area contributed by atoms with Crippen LogP contribution in [0.15, 0.2) is 176 Å². The Bertz CT molecular complexity index is 2620. The summed E-state index contributed by atoms with van der Waals surface area (Å²) >= 11 is 0. The SMILES string of the molecule is Cc1ccc(NC(=O)c2cc(NC(=O)c3ccccc3)cc(NC(=O)c3ccccc3)c2)cc1NC(=O)c1cc(NC(=O)c2ccccc2)cc(NC(=O)c2ccccc2)c1. The predicted octanol–water partition coefficient (Wildman–Crippen LogP) is 9.51. The monoisotopic (exact) mass is 806 g/mol. The molecule has 7 aromatic carbocycles. The molecule has 6 N–H and O–H groups in total. The van der Waals surface area contributed by atoms with Gasteiger partial charge in [0.15, 0.2) is 0 Å². The zero-order valence-corrected chi connectivity index (χ0v) is 32.7. The number of carbonyl (C=O) groups is 6. The van der Waals surface area contributed by atoms with E-state index in [4.69, 9.17) is 0 Å². The Labute approximate surface area is 351 Å². The molecule has 12 nitrogen and oxygen atoms in total. The molecule has 0 spiro atoms. The highest BCUT2D eigenvalue weighted by molar-refractivity contribution is 6.12. The van der Waals surface area contributed by atoms with Gasteiger partial charge in [-0.05, 0) is 110 Å². The van der Waals surface area contributed by atoms with Gasteiger partial charge >= 0.3 is 0 Å². The largest absolute Gasteiger partial charge is 0.322 e. The summed E-state index contributed by atoms with van der Waals surface area (Å²) in [6, 6.07) is 48.3. The second-order valence-electron chi connectivity index (χ2n) is 13.8. The number of amides is 6. The Hall–Kier alpha value is -8.64. The maximum absolute atomic E-state index is 13.9. The van der Waals surface area contributed by atoms with Crippen molar-refractivity contribution < 1.29 is 28.8 Å². The van der Waals surface area contributed by atoms with Crippen LogP contribution in [0.5, 0.6) is 0 Å². The Morgan fingerprint density at radius 3 is 0.885 bits per heavy atom. The fraction of sp³-hybridized carbons (Fsp3) is 0.0204. The van der Waals surface area contributed by atoms with E-state index in [9.17, 15) is 28.8 Å². The van der Waals surface area contributed by atoms with Crippen molar-refractivity contribution in [1.82, 2.24) is 0 Å². The first-order chi connectivity index (χ1) is 29.6. The van der Waals surface area contributed by atoms with Gasteiger partial charge in [-0.2, -0.15) is 0 Å². The lowest BCUT2D eigenvalue weighted by atomic mass is 10.1. The number of benzene rings is 7. The van der Waals surface area contributed by atoms with Gasteiger partial charge in [0, 0.05) is 67.5 Å². The molecule has 6 amide bonds. The molecule has 61 heavy (non-hydrogen) atoms. The number of hydrogen-bond acceptors (Lipinski definition) is 6. The Morgan fingerprint density at radius 1 is 0.279 bits per heavy atom. The smallest absolute Gasteiger partial charge is 0.255 e. The molecular weight excluding hydrogens is 769 g/mol. The van der Waals surface area contributed by atoms with Crippen LogP contribution < -0.4 is 31.9 Å². The first-order valence-corrected chi connectivity index (χ1v) is 19.1. The van der Waals surface area contributed by atoms with E-state index in [1.54, 1.807) is 159 Å². The minimum atomic E-state index is -0.562. The molecule has 0 aliphatic heterocycles. The van der Waals surface area contributed by atoms with Crippen molar-refractivity contribution in [3.63, 3.8) is 0 Å². The van der Waals surface area contributed by atoms with Crippen molar-refractivity contribution in [3.05, 3.63) is 215 Å². The van der Waals surface area contributed by atoms with Crippen LogP contribution in [0.4, 0.5) is 34.1 Å². The fourth-order valence-electron chi connectivity index (χ4n) is 6.21. The average Bonchev–Trinajstić information content (AvgIpc) is 3.28. The second kappa shape index (κ2) is 18.7. The summed E-state index contributed by atoms with van der Waals surface area (Å²) in [5.41, 5.74) is 4.31. The van der Waals surface area contributed by atoms with E-state index in [2.05, 4.69) is 31.9 Å². The molecule has 0 saturated heterocycles. The first kappa shape index (κ1) is 40.6. The molecular formula is C49H38N6O6. The summed E-state index contributed by atoms with van der Waals surface area (Å²) < 4.78 is 0. The zero-order valence-electron chi connectivity index (χ0n) is 32.7. The Kier molecular flexibility index (Phi) is 12.5. The molecule has 0 aliphatic rings. The summed E-state index contributed by atoms with van der Waals surface area (Å²) in [6.07, 6.45) is 0. The molecule has 0 unspecified atom stereocenters. The summed E-state index contributed by atoms with van der Waals surface area (Å²) in [4.78, 5) is 80.1. The summed E-state index contributed by atoms with van der Waals surface area (Å²) in [5.74, 6) is -2.76. The average molecular weight is 807 g/mol. The summed E-state index contributed by atoms with van der Waals surface area (Å²) in [6.45, 7) is 1.78. The van der Waals surface area contributed by atoms with E-state index in [1.807, 2.05) is 0 Å². The third-order valence-corrected chi connectivity index (χ3v) is 9.31. The molecule has 0 atom stereocenters. The van der Waals surface area contributed by atoms with Crippen LogP contribution in [-0.4, -0.2) is 35.4 Å². The number of nitrogens with one attached hydrogen (secondary N) is 6. The highest BCUT2D eigenvalue weighted by atomic mass is 16.2. The molecule has 0 bridgehead atoms. The van der Waals surface area contributed by atoms with Gasteiger partial charge < -0.3 is 31.9 Å². The van der Waals surface area contributed by atoms with Gasteiger partial charge in [-0.25, -0.2) is 0 Å². The molecule has 0 saturated carbocycles. The van der Waals surface area contributed by atoms with Crippen molar-refractivity contribution in [2.45, 2.75) is 6.92 Å². The molecule has 0 aliphatic carbocycles. The highest BCUT2D eigenvalue weighted by Gasteiger charge is 2.18. The van der Waals surface area contributed by atoms with Gasteiger partial charge in [0.25, 0.3) is 35.4 Å². The van der Waals surface area contributed by atoms with Crippen LogP contribution in [0.2, 0.25) is 0 Å². The standard InChI is InChI=1S/C49H38N6O6/c1-31-22-23-38(50-48(60)36-24-39(51-44(56)32-14-6-2-7-15-32)28-40(25-36)52-45(57)33-16-8-3-9-17-33)30-43(31)55-49(61)37-26-41(53-46(58)34-18-10-4-11-19-34)29-42(27-37)54-47(59)35-20-12-5-13-21-35/h2-30H,1H3,(H,50,60)(H,51,56)(H,52,57)(H,53,58)(H,54,59)(H,55,61). The summed E-state index contributed by atoms with van der Waals surface area (Å²) in [5, 5.41) is 17.0. The number of aryl methyl sites for hydroxylation is 1. The van der Waals surface area contributed by atoms with Gasteiger partial charge in [-0.3, -0.25) is 28.8 Å². The van der Waals surface area contributed by atoms with Crippen LogP contribution in [0, 0.1) is 6.92 Å². The third-order valence-electron chi connectivity index (χ3n) is 9.31. The van der Waals surface area contributed by atoms with Crippen molar-refractivity contribution in [2.75, 3.05) is 31.9 Å². The van der Waals surface area contributed by atoms with Crippen molar-refractivity contribution in [2.24, 2.45) is 0 Å². The Morgan fingerprint density at radius 2 is 0.557 bits per heavy atom. The van der Waals surface area contributed by atoms with E-state index in [-0.39, 0.29) is 33.9 Å². The van der Waals surface area contributed by atoms with Crippen LogP contribution in [0.3, 0.4) is 0 Å². The quantitative estimate of drug-likeness (QED) is 0.0717. The van der Waals surface area contributed by atoms with Crippen LogP contribution in [0.25, 0.3) is 0 Å². The second-order valence-corrected chi connectivity index (χ2v) is 13.8. The first-order valence-electron chi connectivity index (χ1n) is 19.1. The van der Waals surface area contributed by atoms with Crippen molar-refractivity contribution in [3.8, 4) is 0 Å². The lowest BCUT2D eigenvalue weighted by Crippen LogP contribution is -2.18. The van der Waals surface area contributed by atoms with Crippen LogP contribution >= 0.6 is 0 Å². The van der Waals surface area contributed by atoms with Gasteiger partial charge in [-0.15, -0.1) is 0 Å². The van der Waals surface area contributed by atoms with Gasteiger partial charge in [-0.1, -0.05) is 78.9 Å². The molecule has 0 aromatic heterocycles. The lowest BCUT2D eigenvalue weighted by Gasteiger charge is -2.15. The van der Waals surface area contributed by atoms with Crippen molar-refractivity contribution >= 4 is 69.6 Å². The van der Waals surface area contributed by atoms with E-state index in [0.29, 0.717) is 39.2 Å². The predicted molar refractivity (Wildman–Crippen MR) is 238 cm³/mol. The number of anilines is 6. The topological polar surface area (TPSA) is 175 Å². The minimum Gasteiger partial charge on any atom is -0.322 e. The van der Waals surface area contributed by atoms with E-state index in [0.717, 1.165) is 0 Å². The molecule has 300 valence electrons. The molecule has 7 rings (SSSR count). The van der Waals surface area contributed by atoms with Crippen LogP contribution in [-0.2, 0) is 0 Å². The maximum Gasteiger partial charge on any atom is 0.255 e.